The maximum Gasteiger partial charge on any atom is 0.497 e. The van der Waals surface area contributed by atoms with Crippen LogP contribution in [0.1, 0.15) is 27.7 Å². The van der Waals surface area contributed by atoms with Crippen molar-refractivity contribution in [1.29, 1.82) is 0 Å². The van der Waals surface area contributed by atoms with Crippen LogP contribution in [0.15, 0.2) is 24.4 Å². The van der Waals surface area contributed by atoms with Gasteiger partial charge in [-0.1, -0.05) is 18.2 Å². The first kappa shape index (κ1) is 12.7. The van der Waals surface area contributed by atoms with Crippen molar-refractivity contribution in [2.24, 2.45) is 7.05 Å². The molecule has 0 aliphatic carbocycles. The molecule has 1 saturated heterocycles. The lowest BCUT2D eigenvalue weighted by atomic mass is 9.78. The first-order chi connectivity index (χ1) is 8.82. The third-order valence-electron chi connectivity index (χ3n) is 4.30. The zero-order valence-electron chi connectivity index (χ0n) is 12.1. The second-order valence-corrected chi connectivity index (χ2v) is 6.14. The zero-order valence-corrected chi connectivity index (χ0v) is 12.1. The van der Waals surface area contributed by atoms with E-state index in [1.54, 1.807) is 0 Å². The van der Waals surface area contributed by atoms with E-state index in [1.165, 1.54) is 0 Å². The predicted octanol–water partition coefficient (Wildman–Crippen LogP) is 1.87. The Hall–Kier alpha value is -1.33. The van der Waals surface area contributed by atoms with Gasteiger partial charge in [0.2, 0.25) is 0 Å². The van der Waals surface area contributed by atoms with E-state index in [2.05, 4.69) is 38.9 Å². The fourth-order valence-electron chi connectivity index (χ4n) is 2.42. The number of fused-ring (bicyclic) bond motifs is 1. The molecule has 1 aliphatic heterocycles. The average molecular weight is 258 g/mol. The number of nitrogens with zero attached hydrogens (tertiary/aromatic N) is 2. The van der Waals surface area contributed by atoms with Crippen LogP contribution >= 0.6 is 0 Å². The number of hydrogen-bond donors (Lipinski definition) is 0. The first-order valence-corrected chi connectivity index (χ1v) is 6.58. The summed E-state index contributed by atoms with van der Waals surface area (Å²) >= 11 is 0. The summed E-state index contributed by atoms with van der Waals surface area (Å²) in [6, 6.07) is 6.12. The van der Waals surface area contributed by atoms with Crippen LogP contribution < -0.4 is 5.46 Å². The second-order valence-electron chi connectivity index (χ2n) is 6.14. The monoisotopic (exact) mass is 258 g/mol. The maximum absolute atomic E-state index is 6.12. The molecule has 1 fully saturated rings. The fraction of sp³-hybridized carbons (Fsp3) is 0.500. The summed E-state index contributed by atoms with van der Waals surface area (Å²) < 4.78 is 14.1. The first-order valence-electron chi connectivity index (χ1n) is 6.58. The van der Waals surface area contributed by atoms with E-state index >= 15 is 0 Å². The maximum atomic E-state index is 6.12. The highest BCUT2D eigenvalue weighted by Crippen LogP contribution is 2.36. The molecule has 0 radical (unpaired) electrons. The van der Waals surface area contributed by atoms with Gasteiger partial charge in [-0.05, 0) is 27.7 Å². The quantitative estimate of drug-likeness (QED) is 0.733. The third-order valence-corrected chi connectivity index (χ3v) is 4.30. The minimum atomic E-state index is -0.343. The molecule has 3 rings (SSSR count). The highest BCUT2D eigenvalue weighted by molar-refractivity contribution is 6.65. The molecule has 0 bridgehead atoms. The van der Waals surface area contributed by atoms with E-state index in [0.29, 0.717) is 0 Å². The molecule has 0 atom stereocenters. The van der Waals surface area contributed by atoms with E-state index in [0.717, 1.165) is 16.4 Å². The van der Waals surface area contributed by atoms with Crippen LogP contribution in [0.5, 0.6) is 0 Å². The fourth-order valence-corrected chi connectivity index (χ4v) is 2.42. The van der Waals surface area contributed by atoms with E-state index in [1.807, 2.05) is 30.1 Å². The van der Waals surface area contributed by atoms with Gasteiger partial charge >= 0.3 is 7.12 Å². The number of benzene rings is 1. The van der Waals surface area contributed by atoms with Crippen LogP contribution in [-0.2, 0) is 16.4 Å². The molecule has 1 aromatic carbocycles. The molecule has 1 aliphatic rings. The number of aromatic nitrogens is 2. The third kappa shape index (κ3) is 1.80. The highest BCUT2D eigenvalue weighted by Gasteiger charge is 2.52. The Labute approximate surface area is 113 Å². The molecule has 19 heavy (non-hydrogen) atoms. The van der Waals surface area contributed by atoms with E-state index in [4.69, 9.17) is 9.31 Å². The Balaban J connectivity index is 2.10. The summed E-state index contributed by atoms with van der Waals surface area (Å²) in [5.41, 5.74) is 1.47. The number of rotatable bonds is 1. The van der Waals surface area contributed by atoms with E-state index < -0.39 is 0 Å². The second kappa shape index (κ2) is 3.84. The van der Waals surface area contributed by atoms with Gasteiger partial charge in [0.15, 0.2) is 0 Å². The van der Waals surface area contributed by atoms with Crippen LogP contribution in [0, 0.1) is 0 Å². The minimum Gasteiger partial charge on any atom is -0.399 e. The average Bonchev–Trinajstić information content (AvgIpc) is 2.78. The van der Waals surface area contributed by atoms with Crippen molar-refractivity contribution in [3.8, 4) is 0 Å². The molecule has 0 spiro atoms. The van der Waals surface area contributed by atoms with E-state index in [9.17, 15) is 0 Å². The van der Waals surface area contributed by atoms with Gasteiger partial charge in [0, 0.05) is 17.9 Å². The topological polar surface area (TPSA) is 36.3 Å². The lowest BCUT2D eigenvalue weighted by Gasteiger charge is -2.32. The molecule has 5 heteroatoms. The summed E-state index contributed by atoms with van der Waals surface area (Å²) in [6.07, 6.45) is 1.87. The van der Waals surface area contributed by atoms with Gasteiger partial charge < -0.3 is 9.31 Å². The number of aryl methyl sites for hydroxylation is 1. The van der Waals surface area contributed by atoms with Crippen molar-refractivity contribution >= 4 is 23.5 Å². The Kier molecular flexibility index (Phi) is 2.56. The van der Waals surface area contributed by atoms with Crippen LogP contribution in [0.25, 0.3) is 10.9 Å². The molecule has 2 aromatic rings. The summed E-state index contributed by atoms with van der Waals surface area (Å²) in [6.45, 7) is 8.26. The molecule has 0 unspecified atom stereocenters. The summed E-state index contributed by atoms with van der Waals surface area (Å²) in [5.74, 6) is 0. The standard InChI is InChI=1S/C14H19BN2O2/c1-13(2)14(3,4)19-15(18-13)11-8-6-7-10-9-16-17(5)12(10)11/h6-9H,1-5H3. The van der Waals surface area contributed by atoms with Crippen molar-refractivity contribution < 1.29 is 9.31 Å². The zero-order chi connectivity index (χ0) is 13.8. The molecular formula is C14H19BN2O2. The molecule has 2 heterocycles. The molecule has 4 nitrogen and oxygen atoms in total. The Morgan fingerprint density at radius 1 is 1.11 bits per heavy atom. The smallest absolute Gasteiger partial charge is 0.399 e. The van der Waals surface area contributed by atoms with Gasteiger partial charge in [0.25, 0.3) is 0 Å². The van der Waals surface area contributed by atoms with Gasteiger partial charge in [0.05, 0.1) is 22.9 Å². The molecule has 0 saturated carbocycles. The minimum absolute atomic E-state index is 0.321. The molecule has 0 amide bonds. The molecular weight excluding hydrogens is 239 g/mol. The van der Waals surface area contributed by atoms with Crippen molar-refractivity contribution in [3.05, 3.63) is 24.4 Å². The summed E-state index contributed by atoms with van der Waals surface area (Å²) in [5, 5.41) is 5.41. The van der Waals surface area contributed by atoms with Crippen LogP contribution in [0.3, 0.4) is 0 Å². The van der Waals surface area contributed by atoms with Crippen molar-refractivity contribution in [1.82, 2.24) is 9.78 Å². The number of hydrogen-bond acceptors (Lipinski definition) is 3. The Bertz CT molecular complexity index is 617. The molecule has 100 valence electrons. The van der Waals surface area contributed by atoms with Crippen molar-refractivity contribution in [2.75, 3.05) is 0 Å². The van der Waals surface area contributed by atoms with Gasteiger partial charge in [-0.25, -0.2) is 0 Å². The van der Waals surface area contributed by atoms with Gasteiger partial charge in [0.1, 0.15) is 0 Å². The Morgan fingerprint density at radius 2 is 1.74 bits per heavy atom. The lowest BCUT2D eigenvalue weighted by molar-refractivity contribution is 0.00578. The number of para-hydroxylation sites is 1. The lowest BCUT2D eigenvalue weighted by Crippen LogP contribution is -2.41. The normalized spacial score (nSPS) is 21.2. The molecule has 0 N–H and O–H groups in total. The summed E-state index contributed by atoms with van der Waals surface area (Å²) in [7, 11) is 1.60. The van der Waals surface area contributed by atoms with Gasteiger partial charge in [-0.2, -0.15) is 5.10 Å². The van der Waals surface area contributed by atoms with E-state index in [-0.39, 0.29) is 18.3 Å². The van der Waals surface area contributed by atoms with Crippen molar-refractivity contribution in [2.45, 2.75) is 38.9 Å². The van der Waals surface area contributed by atoms with Crippen molar-refractivity contribution in [3.63, 3.8) is 0 Å². The highest BCUT2D eigenvalue weighted by atomic mass is 16.7. The SMILES string of the molecule is Cn1ncc2cccc(B3OC(C)(C)C(C)(C)O3)c21. The van der Waals surface area contributed by atoms with Crippen LogP contribution in [-0.4, -0.2) is 28.1 Å². The van der Waals surface area contributed by atoms with Crippen LogP contribution in [0.4, 0.5) is 0 Å². The van der Waals surface area contributed by atoms with Crippen LogP contribution in [0.2, 0.25) is 0 Å². The Morgan fingerprint density at radius 3 is 2.37 bits per heavy atom. The largest absolute Gasteiger partial charge is 0.497 e. The molecule has 1 aromatic heterocycles. The summed E-state index contributed by atoms with van der Waals surface area (Å²) in [4.78, 5) is 0. The predicted molar refractivity (Wildman–Crippen MR) is 76.4 cm³/mol. The van der Waals surface area contributed by atoms with Gasteiger partial charge in [-0.15, -0.1) is 0 Å². The van der Waals surface area contributed by atoms with Gasteiger partial charge in [-0.3, -0.25) is 4.68 Å².